The molecule has 0 bridgehead atoms. The highest BCUT2D eigenvalue weighted by atomic mass is 19.1. The van der Waals surface area contributed by atoms with E-state index in [4.69, 9.17) is 5.26 Å². The van der Waals surface area contributed by atoms with Gasteiger partial charge in [-0.05, 0) is 19.2 Å². The zero-order chi connectivity index (χ0) is 14.1. The summed E-state index contributed by atoms with van der Waals surface area (Å²) in [6.45, 7) is 1.97. The third-order valence-corrected chi connectivity index (χ3v) is 3.64. The van der Waals surface area contributed by atoms with Crippen molar-refractivity contribution in [2.24, 2.45) is 0 Å². The van der Waals surface area contributed by atoms with Gasteiger partial charge in [0.25, 0.3) is 0 Å². The Hall–Kier alpha value is -2.19. The number of benzene rings is 1. The molecule has 0 fully saturated rings. The smallest absolute Gasteiger partial charge is 0.128 e. The summed E-state index contributed by atoms with van der Waals surface area (Å²) in [5, 5.41) is 13.4. The molecule has 1 aliphatic rings. The Morgan fingerprint density at radius 2 is 2.30 bits per heavy atom. The van der Waals surface area contributed by atoms with Crippen molar-refractivity contribution < 1.29 is 4.39 Å². The molecular formula is C15H15FN4. The molecule has 0 radical (unpaired) electrons. The summed E-state index contributed by atoms with van der Waals surface area (Å²) in [7, 11) is 2.06. The first-order chi connectivity index (χ1) is 9.69. The molecule has 0 saturated heterocycles. The minimum absolute atomic E-state index is 0.237. The fraction of sp³-hybridized carbons (Fsp3) is 0.333. The first kappa shape index (κ1) is 12.8. The molecule has 5 heteroatoms. The van der Waals surface area contributed by atoms with Crippen molar-refractivity contribution in [2.45, 2.75) is 19.5 Å². The minimum atomic E-state index is -0.268. The van der Waals surface area contributed by atoms with E-state index < -0.39 is 0 Å². The zero-order valence-corrected chi connectivity index (χ0v) is 11.3. The van der Waals surface area contributed by atoms with Crippen LogP contribution in [0.25, 0.3) is 11.3 Å². The van der Waals surface area contributed by atoms with Crippen LogP contribution in [0.3, 0.4) is 0 Å². The van der Waals surface area contributed by atoms with Gasteiger partial charge in [0.1, 0.15) is 12.4 Å². The standard InChI is InChI=1S/C15H15FN4/c1-19-7-5-14-13(10-19)15(18-20(14)8-6-17)11-3-2-4-12(16)9-11/h2-4,9H,5,7-8,10H2,1H3. The van der Waals surface area contributed by atoms with Crippen LogP contribution in [-0.4, -0.2) is 28.3 Å². The number of fused-ring (bicyclic) bond motifs is 1. The number of halogens is 1. The van der Waals surface area contributed by atoms with Gasteiger partial charge in [-0.15, -0.1) is 0 Å². The summed E-state index contributed by atoms with van der Waals surface area (Å²) in [5.41, 5.74) is 3.78. The molecule has 0 N–H and O–H groups in total. The van der Waals surface area contributed by atoms with Crippen molar-refractivity contribution in [1.82, 2.24) is 14.7 Å². The number of nitriles is 1. The van der Waals surface area contributed by atoms with Crippen molar-refractivity contribution in [2.75, 3.05) is 13.6 Å². The Bertz CT molecular complexity index is 684. The van der Waals surface area contributed by atoms with Gasteiger partial charge in [0.05, 0.1) is 11.8 Å². The predicted octanol–water partition coefficient (Wildman–Crippen LogP) is 2.20. The molecule has 0 spiro atoms. The summed E-state index contributed by atoms with van der Waals surface area (Å²) < 4.78 is 15.2. The number of rotatable bonds is 2. The Balaban J connectivity index is 2.13. The Labute approximate surface area is 117 Å². The molecule has 2 heterocycles. The molecule has 1 aliphatic heterocycles. The van der Waals surface area contributed by atoms with Gasteiger partial charge < -0.3 is 4.90 Å². The van der Waals surface area contributed by atoms with E-state index in [1.165, 1.54) is 12.1 Å². The molecular weight excluding hydrogens is 255 g/mol. The number of aromatic nitrogens is 2. The molecule has 1 aromatic carbocycles. The number of nitrogens with zero attached hydrogens (tertiary/aromatic N) is 4. The third-order valence-electron chi connectivity index (χ3n) is 3.64. The lowest BCUT2D eigenvalue weighted by Gasteiger charge is -2.23. The van der Waals surface area contributed by atoms with Crippen LogP contribution in [0.5, 0.6) is 0 Å². The van der Waals surface area contributed by atoms with Crippen molar-refractivity contribution in [1.29, 1.82) is 5.26 Å². The maximum absolute atomic E-state index is 13.4. The number of hydrogen-bond acceptors (Lipinski definition) is 3. The van der Waals surface area contributed by atoms with Gasteiger partial charge in [0, 0.05) is 36.3 Å². The first-order valence-electron chi connectivity index (χ1n) is 6.59. The van der Waals surface area contributed by atoms with Crippen LogP contribution < -0.4 is 0 Å². The molecule has 0 atom stereocenters. The molecule has 102 valence electrons. The molecule has 0 amide bonds. The molecule has 0 unspecified atom stereocenters. The maximum atomic E-state index is 13.4. The van der Waals surface area contributed by atoms with Crippen LogP contribution >= 0.6 is 0 Å². The van der Waals surface area contributed by atoms with E-state index in [0.29, 0.717) is 0 Å². The summed E-state index contributed by atoms with van der Waals surface area (Å²) in [4.78, 5) is 2.21. The van der Waals surface area contributed by atoms with Crippen LogP contribution in [0.2, 0.25) is 0 Å². The van der Waals surface area contributed by atoms with Crippen molar-refractivity contribution >= 4 is 0 Å². The average Bonchev–Trinajstić information content (AvgIpc) is 2.77. The fourth-order valence-electron chi connectivity index (χ4n) is 2.69. The van der Waals surface area contributed by atoms with Gasteiger partial charge in [0.15, 0.2) is 0 Å². The second-order valence-corrected chi connectivity index (χ2v) is 5.09. The van der Waals surface area contributed by atoms with Crippen molar-refractivity contribution in [3.05, 3.63) is 41.3 Å². The van der Waals surface area contributed by atoms with E-state index in [0.717, 1.165) is 42.0 Å². The van der Waals surface area contributed by atoms with Gasteiger partial charge in [0.2, 0.25) is 0 Å². The lowest BCUT2D eigenvalue weighted by Crippen LogP contribution is -2.27. The molecule has 0 aliphatic carbocycles. The van der Waals surface area contributed by atoms with E-state index in [-0.39, 0.29) is 12.4 Å². The van der Waals surface area contributed by atoms with Crippen LogP contribution in [0, 0.1) is 17.1 Å². The first-order valence-corrected chi connectivity index (χ1v) is 6.59. The quantitative estimate of drug-likeness (QED) is 0.840. The molecule has 4 nitrogen and oxygen atoms in total. The lowest BCUT2D eigenvalue weighted by molar-refractivity contribution is 0.308. The Kier molecular flexibility index (Phi) is 3.25. The highest BCUT2D eigenvalue weighted by Gasteiger charge is 2.23. The fourth-order valence-corrected chi connectivity index (χ4v) is 2.69. The number of hydrogen-bond donors (Lipinski definition) is 0. The van der Waals surface area contributed by atoms with Gasteiger partial charge in [-0.2, -0.15) is 10.4 Å². The topological polar surface area (TPSA) is 44.9 Å². The number of likely N-dealkylation sites (N-methyl/N-ethyl adjacent to an activating group) is 1. The van der Waals surface area contributed by atoms with Crippen LogP contribution in [0.15, 0.2) is 24.3 Å². The van der Waals surface area contributed by atoms with Crippen molar-refractivity contribution in [3.8, 4) is 17.3 Å². The van der Waals surface area contributed by atoms with Gasteiger partial charge in [-0.25, -0.2) is 4.39 Å². The van der Waals surface area contributed by atoms with Crippen LogP contribution in [0.4, 0.5) is 4.39 Å². The largest absolute Gasteiger partial charge is 0.302 e. The molecule has 20 heavy (non-hydrogen) atoms. The third kappa shape index (κ3) is 2.19. The van der Waals surface area contributed by atoms with Gasteiger partial charge >= 0.3 is 0 Å². The van der Waals surface area contributed by atoms with Crippen molar-refractivity contribution in [3.63, 3.8) is 0 Å². The lowest BCUT2D eigenvalue weighted by atomic mass is 10.0. The van der Waals surface area contributed by atoms with E-state index in [9.17, 15) is 4.39 Å². The van der Waals surface area contributed by atoms with Crippen LogP contribution in [-0.2, 0) is 19.5 Å². The molecule has 1 aromatic heterocycles. The highest BCUT2D eigenvalue weighted by Crippen LogP contribution is 2.29. The molecule has 3 rings (SSSR count). The van der Waals surface area contributed by atoms with E-state index in [1.54, 1.807) is 10.7 Å². The molecule has 0 saturated carbocycles. The van der Waals surface area contributed by atoms with E-state index in [2.05, 4.69) is 23.1 Å². The van der Waals surface area contributed by atoms with Crippen LogP contribution in [0.1, 0.15) is 11.3 Å². The van der Waals surface area contributed by atoms with Gasteiger partial charge in [-0.3, -0.25) is 4.68 Å². The predicted molar refractivity (Wildman–Crippen MR) is 73.3 cm³/mol. The minimum Gasteiger partial charge on any atom is -0.302 e. The van der Waals surface area contributed by atoms with E-state index >= 15 is 0 Å². The molecule has 2 aromatic rings. The SMILES string of the molecule is CN1CCc2c(c(-c3cccc(F)c3)nn2CC#N)C1. The Morgan fingerprint density at radius 3 is 3.05 bits per heavy atom. The summed E-state index contributed by atoms with van der Waals surface area (Å²) in [6.07, 6.45) is 0.871. The normalized spacial score (nSPS) is 14.8. The maximum Gasteiger partial charge on any atom is 0.128 e. The van der Waals surface area contributed by atoms with E-state index in [1.807, 2.05) is 6.07 Å². The summed E-state index contributed by atoms with van der Waals surface area (Å²) in [6, 6.07) is 8.60. The monoisotopic (exact) mass is 270 g/mol. The second-order valence-electron chi connectivity index (χ2n) is 5.09. The van der Waals surface area contributed by atoms with Gasteiger partial charge in [-0.1, -0.05) is 12.1 Å². The average molecular weight is 270 g/mol. The Morgan fingerprint density at radius 1 is 1.45 bits per heavy atom. The summed E-state index contributed by atoms with van der Waals surface area (Å²) in [5.74, 6) is -0.268. The highest BCUT2D eigenvalue weighted by molar-refractivity contribution is 5.64. The summed E-state index contributed by atoms with van der Waals surface area (Å²) >= 11 is 0. The second kappa shape index (κ2) is 5.06. The zero-order valence-electron chi connectivity index (χ0n) is 11.3.